The summed E-state index contributed by atoms with van der Waals surface area (Å²) in [6.07, 6.45) is 2.38. The van der Waals surface area contributed by atoms with E-state index in [-0.39, 0.29) is 11.9 Å². The van der Waals surface area contributed by atoms with Crippen LogP contribution in [0.15, 0.2) is 18.2 Å². The SMILES string of the molecule is CCOc1ccc(C(c2sc3nc(C)nn3c2O)N2CCCC(C)C2)cc1OC. The first-order valence-electron chi connectivity index (χ1n) is 10.1. The van der Waals surface area contributed by atoms with Crippen molar-refractivity contribution in [2.24, 2.45) is 5.92 Å². The van der Waals surface area contributed by atoms with Gasteiger partial charge in [-0.25, -0.2) is 4.98 Å². The van der Waals surface area contributed by atoms with Crippen LogP contribution < -0.4 is 9.47 Å². The van der Waals surface area contributed by atoms with Crippen LogP contribution >= 0.6 is 11.3 Å². The molecule has 0 aliphatic carbocycles. The molecule has 2 atom stereocenters. The molecule has 3 heterocycles. The number of hydrogen-bond acceptors (Lipinski definition) is 7. The minimum Gasteiger partial charge on any atom is -0.493 e. The van der Waals surface area contributed by atoms with Crippen molar-refractivity contribution in [2.75, 3.05) is 26.8 Å². The second kappa shape index (κ2) is 8.20. The largest absolute Gasteiger partial charge is 0.493 e. The number of rotatable bonds is 6. The zero-order chi connectivity index (χ0) is 20.5. The summed E-state index contributed by atoms with van der Waals surface area (Å²) >= 11 is 1.50. The fourth-order valence-corrected chi connectivity index (χ4v) is 5.31. The molecule has 0 radical (unpaired) electrons. The van der Waals surface area contributed by atoms with Crippen molar-refractivity contribution >= 4 is 16.3 Å². The molecule has 1 saturated heterocycles. The minimum atomic E-state index is -0.0869. The molecule has 1 N–H and O–H groups in total. The highest BCUT2D eigenvalue weighted by Gasteiger charge is 2.32. The summed E-state index contributed by atoms with van der Waals surface area (Å²) in [5, 5.41) is 15.3. The zero-order valence-electron chi connectivity index (χ0n) is 17.4. The lowest BCUT2D eigenvalue weighted by Gasteiger charge is -2.37. The van der Waals surface area contributed by atoms with E-state index in [9.17, 15) is 5.11 Å². The monoisotopic (exact) mass is 416 g/mol. The van der Waals surface area contributed by atoms with E-state index in [0.717, 1.165) is 35.7 Å². The van der Waals surface area contributed by atoms with E-state index in [2.05, 4.69) is 28.0 Å². The van der Waals surface area contributed by atoms with Crippen molar-refractivity contribution in [3.05, 3.63) is 34.5 Å². The molecule has 1 aliphatic heterocycles. The van der Waals surface area contributed by atoms with Gasteiger partial charge in [-0.15, -0.1) is 5.10 Å². The molecule has 7 nitrogen and oxygen atoms in total. The fraction of sp³-hybridized carbons (Fsp3) is 0.524. The first kappa shape index (κ1) is 20.0. The second-order valence-corrected chi connectivity index (χ2v) is 8.64. The van der Waals surface area contributed by atoms with Crippen molar-refractivity contribution < 1.29 is 14.6 Å². The highest BCUT2D eigenvalue weighted by Crippen LogP contribution is 2.43. The Labute approximate surface area is 174 Å². The summed E-state index contributed by atoms with van der Waals surface area (Å²) < 4.78 is 12.8. The highest BCUT2D eigenvalue weighted by molar-refractivity contribution is 7.17. The number of thiazole rings is 1. The first-order chi connectivity index (χ1) is 14.0. The third-order valence-electron chi connectivity index (χ3n) is 5.41. The van der Waals surface area contributed by atoms with Crippen LogP contribution in [0.3, 0.4) is 0 Å². The van der Waals surface area contributed by atoms with E-state index in [1.54, 1.807) is 11.6 Å². The van der Waals surface area contributed by atoms with Crippen LogP contribution in [0.4, 0.5) is 0 Å². The van der Waals surface area contributed by atoms with Gasteiger partial charge >= 0.3 is 0 Å². The summed E-state index contributed by atoms with van der Waals surface area (Å²) in [5.74, 6) is 2.87. The molecular formula is C21H28N4O3S. The Hall–Kier alpha value is -2.32. The van der Waals surface area contributed by atoms with Gasteiger partial charge in [0, 0.05) is 6.54 Å². The molecule has 2 aromatic heterocycles. The number of methoxy groups -OCH3 is 1. The Morgan fingerprint density at radius 3 is 2.86 bits per heavy atom. The number of ether oxygens (including phenoxy) is 2. The average Bonchev–Trinajstić information content (AvgIpc) is 3.21. The zero-order valence-corrected chi connectivity index (χ0v) is 18.2. The Morgan fingerprint density at radius 1 is 1.34 bits per heavy atom. The van der Waals surface area contributed by atoms with Crippen LogP contribution in [0.2, 0.25) is 0 Å². The summed E-state index contributed by atoms with van der Waals surface area (Å²) in [5.41, 5.74) is 1.07. The van der Waals surface area contributed by atoms with E-state index in [1.165, 1.54) is 17.8 Å². The molecule has 4 rings (SSSR count). The van der Waals surface area contributed by atoms with Crippen molar-refractivity contribution in [3.8, 4) is 17.4 Å². The molecule has 1 aromatic carbocycles. The summed E-state index contributed by atoms with van der Waals surface area (Å²) in [6.45, 7) is 8.62. The molecule has 0 amide bonds. The van der Waals surface area contributed by atoms with Gasteiger partial charge in [0.1, 0.15) is 5.82 Å². The number of piperidine rings is 1. The fourth-order valence-electron chi connectivity index (χ4n) is 4.14. The van der Waals surface area contributed by atoms with Gasteiger partial charge in [-0.2, -0.15) is 4.52 Å². The molecule has 2 unspecified atom stereocenters. The van der Waals surface area contributed by atoms with E-state index in [0.29, 0.717) is 29.1 Å². The quantitative estimate of drug-likeness (QED) is 0.654. The van der Waals surface area contributed by atoms with Crippen molar-refractivity contribution in [3.63, 3.8) is 0 Å². The number of hydrogen-bond donors (Lipinski definition) is 1. The lowest BCUT2D eigenvalue weighted by Crippen LogP contribution is -2.37. The Morgan fingerprint density at radius 2 is 2.17 bits per heavy atom. The standard InChI is InChI=1S/C21H28N4O3S/c1-5-28-16-9-8-15(11-17(16)27-4)18(24-10-6-7-13(2)12-24)19-20(26)25-21(29-19)22-14(3)23-25/h8-9,11,13,18,26H,5-7,10,12H2,1-4H3. The number of fused-ring (bicyclic) bond motifs is 1. The Bertz CT molecular complexity index is 999. The maximum Gasteiger partial charge on any atom is 0.230 e. The number of aromatic nitrogens is 3. The van der Waals surface area contributed by atoms with E-state index in [1.807, 2.05) is 26.0 Å². The van der Waals surface area contributed by atoms with Gasteiger partial charge in [-0.3, -0.25) is 4.90 Å². The van der Waals surface area contributed by atoms with Crippen molar-refractivity contribution in [1.29, 1.82) is 0 Å². The number of likely N-dealkylation sites (tertiary alicyclic amines) is 1. The predicted octanol–water partition coefficient (Wildman–Crippen LogP) is 4.03. The van der Waals surface area contributed by atoms with E-state index in [4.69, 9.17) is 9.47 Å². The molecule has 8 heteroatoms. The van der Waals surface area contributed by atoms with Gasteiger partial charge < -0.3 is 14.6 Å². The first-order valence-corrected chi connectivity index (χ1v) is 10.9. The number of aromatic hydroxyl groups is 1. The predicted molar refractivity (Wildman–Crippen MR) is 113 cm³/mol. The van der Waals surface area contributed by atoms with Gasteiger partial charge in [-0.05, 0) is 56.8 Å². The second-order valence-electron chi connectivity index (χ2n) is 7.63. The summed E-state index contributed by atoms with van der Waals surface area (Å²) in [4.78, 5) is 8.47. The van der Waals surface area contributed by atoms with E-state index < -0.39 is 0 Å². The smallest absolute Gasteiger partial charge is 0.230 e. The topological polar surface area (TPSA) is 72.1 Å². The van der Waals surface area contributed by atoms with Crippen LogP contribution in [0.25, 0.3) is 4.96 Å². The lowest BCUT2D eigenvalue weighted by molar-refractivity contribution is 0.149. The molecule has 0 spiro atoms. The van der Waals surface area contributed by atoms with Gasteiger partial charge in [0.2, 0.25) is 10.8 Å². The third-order valence-corrected chi connectivity index (χ3v) is 6.48. The molecule has 3 aromatic rings. The Balaban J connectivity index is 1.82. The van der Waals surface area contributed by atoms with Gasteiger partial charge in [-0.1, -0.05) is 24.3 Å². The van der Waals surface area contributed by atoms with E-state index >= 15 is 0 Å². The molecule has 156 valence electrons. The minimum absolute atomic E-state index is 0.0869. The maximum atomic E-state index is 11.0. The molecule has 1 aliphatic rings. The molecule has 1 fully saturated rings. The number of aryl methyl sites for hydroxylation is 1. The molecule has 29 heavy (non-hydrogen) atoms. The van der Waals surface area contributed by atoms with Crippen molar-refractivity contribution in [2.45, 2.75) is 39.7 Å². The van der Waals surface area contributed by atoms with Gasteiger partial charge in [0.25, 0.3) is 0 Å². The Kier molecular flexibility index (Phi) is 5.65. The average molecular weight is 417 g/mol. The van der Waals surface area contributed by atoms with Crippen LogP contribution in [0.1, 0.15) is 49.0 Å². The molecule has 0 bridgehead atoms. The van der Waals surface area contributed by atoms with Crippen LogP contribution in [-0.4, -0.2) is 51.4 Å². The van der Waals surface area contributed by atoms with Crippen LogP contribution in [0.5, 0.6) is 17.4 Å². The third kappa shape index (κ3) is 3.79. The van der Waals surface area contributed by atoms with Crippen LogP contribution in [-0.2, 0) is 0 Å². The van der Waals surface area contributed by atoms with Crippen molar-refractivity contribution in [1.82, 2.24) is 19.5 Å². The summed E-state index contributed by atoms with van der Waals surface area (Å²) in [7, 11) is 1.66. The van der Waals surface area contributed by atoms with Gasteiger partial charge in [0.15, 0.2) is 11.5 Å². The van der Waals surface area contributed by atoms with Gasteiger partial charge in [0.05, 0.1) is 24.6 Å². The lowest BCUT2D eigenvalue weighted by atomic mass is 9.95. The number of nitrogens with zero attached hydrogens (tertiary/aromatic N) is 4. The maximum absolute atomic E-state index is 11.0. The summed E-state index contributed by atoms with van der Waals surface area (Å²) in [6, 6.07) is 5.96. The molecular weight excluding hydrogens is 388 g/mol. The normalized spacial score (nSPS) is 18.8. The molecule has 0 saturated carbocycles. The number of benzene rings is 1. The highest BCUT2D eigenvalue weighted by atomic mass is 32.1. The van der Waals surface area contributed by atoms with Crippen LogP contribution in [0, 0.1) is 12.8 Å².